The molecule has 0 atom stereocenters. The molecule has 6 aromatic carbocycles. The second-order valence-corrected chi connectivity index (χ2v) is 13.4. The standard InChI is InChI=1S/C42H39O4P/c1-28-22-25-37(31(4)40(28)34-16-10-7-11-17-34)44-47(43,45-38-26-23-29(2)41(32(38)5)35-18-12-8-13-19-35)46-39-27-24-30(3)42(33(39)6)36-20-14-9-15-21-36/h7-27H,1-6H3. The molecule has 236 valence electrons. The second-order valence-electron chi connectivity index (χ2n) is 12.0. The maximum Gasteiger partial charge on any atom is 0.647 e. The van der Waals surface area contributed by atoms with Crippen LogP contribution in [0.2, 0.25) is 0 Å². The summed E-state index contributed by atoms with van der Waals surface area (Å²) in [5, 5.41) is 0. The molecule has 0 aliphatic carbocycles. The van der Waals surface area contributed by atoms with Gasteiger partial charge in [-0.15, -0.1) is 0 Å². The molecule has 0 spiro atoms. The summed E-state index contributed by atoms with van der Waals surface area (Å²) in [7, 11) is -4.35. The van der Waals surface area contributed by atoms with E-state index in [9.17, 15) is 0 Å². The van der Waals surface area contributed by atoms with Gasteiger partial charge in [0.1, 0.15) is 17.2 Å². The Morgan fingerprint density at radius 3 is 0.872 bits per heavy atom. The van der Waals surface area contributed by atoms with Crippen LogP contribution in [0.1, 0.15) is 33.4 Å². The maximum atomic E-state index is 15.1. The van der Waals surface area contributed by atoms with Gasteiger partial charge in [-0.3, -0.25) is 0 Å². The Hall–Kier alpha value is -5.05. The molecule has 0 aliphatic heterocycles. The van der Waals surface area contributed by atoms with Crippen LogP contribution in [-0.2, 0) is 4.57 Å². The monoisotopic (exact) mass is 638 g/mol. The van der Waals surface area contributed by atoms with Crippen molar-refractivity contribution in [1.29, 1.82) is 0 Å². The first-order valence-electron chi connectivity index (χ1n) is 15.8. The van der Waals surface area contributed by atoms with Gasteiger partial charge < -0.3 is 13.6 Å². The lowest BCUT2D eigenvalue weighted by Crippen LogP contribution is -2.10. The third-order valence-electron chi connectivity index (χ3n) is 8.69. The molecule has 0 bridgehead atoms. The van der Waals surface area contributed by atoms with E-state index in [1.807, 2.05) is 112 Å². The first-order chi connectivity index (χ1) is 22.6. The highest BCUT2D eigenvalue weighted by molar-refractivity contribution is 7.49. The van der Waals surface area contributed by atoms with Gasteiger partial charge in [0.05, 0.1) is 0 Å². The van der Waals surface area contributed by atoms with Crippen molar-refractivity contribution in [3.8, 4) is 50.6 Å². The van der Waals surface area contributed by atoms with Crippen LogP contribution in [0.5, 0.6) is 17.2 Å². The van der Waals surface area contributed by atoms with Gasteiger partial charge in [0, 0.05) is 0 Å². The van der Waals surface area contributed by atoms with Crippen LogP contribution in [0.25, 0.3) is 33.4 Å². The number of benzene rings is 6. The van der Waals surface area contributed by atoms with Crippen LogP contribution in [0.4, 0.5) is 0 Å². The van der Waals surface area contributed by atoms with Gasteiger partial charge in [-0.2, -0.15) is 4.57 Å². The number of rotatable bonds is 9. The average Bonchev–Trinajstić information content (AvgIpc) is 3.07. The molecule has 0 amide bonds. The normalized spacial score (nSPS) is 11.3. The number of phosphoric acid groups is 1. The van der Waals surface area contributed by atoms with Crippen molar-refractivity contribution < 1.29 is 18.1 Å². The van der Waals surface area contributed by atoms with Gasteiger partial charge in [-0.05, 0) is 127 Å². The molecule has 0 radical (unpaired) electrons. The Morgan fingerprint density at radius 2 is 0.617 bits per heavy atom. The lowest BCUT2D eigenvalue weighted by molar-refractivity contribution is 0.296. The molecular formula is C42H39O4P. The minimum atomic E-state index is -4.35. The van der Waals surface area contributed by atoms with Crippen molar-refractivity contribution in [1.82, 2.24) is 0 Å². The summed E-state index contributed by atoms with van der Waals surface area (Å²) in [6.45, 7) is 12.1. The smallest absolute Gasteiger partial charge is 0.386 e. The zero-order valence-corrected chi connectivity index (χ0v) is 28.6. The Bertz CT molecular complexity index is 1850. The highest BCUT2D eigenvalue weighted by Crippen LogP contribution is 2.54. The molecule has 6 aromatic rings. The molecule has 0 aromatic heterocycles. The van der Waals surface area contributed by atoms with E-state index in [1.54, 1.807) is 0 Å². The molecule has 0 aliphatic rings. The molecule has 5 heteroatoms. The molecule has 0 saturated carbocycles. The third kappa shape index (κ3) is 6.61. The van der Waals surface area contributed by atoms with Gasteiger partial charge in [0.25, 0.3) is 0 Å². The predicted octanol–water partition coefficient (Wildman–Crippen LogP) is 12.2. The van der Waals surface area contributed by atoms with E-state index >= 15 is 4.57 Å². The molecule has 4 nitrogen and oxygen atoms in total. The van der Waals surface area contributed by atoms with Crippen LogP contribution in [0.15, 0.2) is 127 Å². The van der Waals surface area contributed by atoms with E-state index in [1.165, 1.54) is 0 Å². The highest BCUT2D eigenvalue weighted by Gasteiger charge is 2.36. The van der Waals surface area contributed by atoms with Crippen molar-refractivity contribution >= 4 is 7.82 Å². The first kappa shape index (κ1) is 31.9. The average molecular weight is 639 g/mol. The molecule has 6 rings (SSSR count). The minimum Gasteiger partial charge on any atom is -0.386 e. The van der Waals surface area contributed by atoms with Gasteiger partial charge in [-0.25, -0.2) is 0 Å². The zero-order valence-electron chi connectivity index (χ0n) is 27.7. The topological polar surface area (TPSA) is 44.8 Å². The molecule has 47 heavy (non-hydrogen) atoms. The number of hydrogen-bond donors (Lipinski definition) is 0. The Morgan fingerprint density at radius 1 is 0.362 bits per heavy atom. The second kappa shape index (κ2) is 13.4. The van der Waals surface area contributed by atoms with Crippen LogP contribution < -0.4 is 13.6 Å². The lowest BCUT2D eigenvalue weighted by Gasteiger charge is -2.25. The summed E-state index contributed by atoms with van der Waals surface area (Å²) in [6, 6.07) is 41.8. The van der Waals surface area contributed by atoms with E-state index in [0.29, 0.717) is 17.2 Å². The SMILES string of the molecule is Cc1ccc(OP(=O)(Oc2ccc(C)c(-c3ccccc3)c2C)Oc2ccc(C)c(-c3ccccc3)c2C)c(C)c1-c1ccccc1. The zero-order chi connectivity index (χ0) is 33.1. The van der Waals surface area contributed by atoms with Gasteiger partial charge >= 0.3 is 7.82 Å². The highest BCUT2D eigenvalue weighted by atomic mass is 31.2. The van der Waals surface area contributed by atoms with Crippen molar-refractivity contribution in [3.05, 3.63) is 161 Å². The maximum absolute atomic E-state index is 15.1. The minimum absolute atomic E-state index is 0.430. The van der Waals surface area contributed by atoms with Crippen molar-refractivity contribution in [2.45, 2.75) is 41.5 Å². The van der Waals surface area contributed by atoms with Crippen LogP contribution in [0.3, 0.4) is 0 Å². The van der Waals surface area contributed by atoms with E-state index in [4.69, 9.17) is 13.6 Å². The molecular weight excluding hydrogens is 599 g/mol. The number of phosphoric ester groups is 1. The first-order valence-corrected chi connectivity index (χ1v) is 17.3. The summed E-state index contributed by atoms with van der Waals surface area (Å²) in [5.41, 5.74) is 12.0. The molecule has 0 fully saturated rings. The Kier molecular flexibility index (Phi) is 9.07. The van der Waals surface area contributed by atoms with Gasteiger partial charge in [-0.1, -0.05) is 109 Å². The van der Waals surface area contributed by atoms with E-state index < -0.39 is 7.82 Å². The van der Waals surface area contributed by atoms with Crippen molar-refractivity contribution in [2.24, 2.45) is 0 Å². The number of hydrogen-bond acceptors (Lipinski definition) is 4. The Balaban J connectivity index is 1.47. The van der Waals surface area contributed by atoms with Crippen LogP contribution in [0, 0.1) is 41.5 Å². The van der Waals surface area contributed by atoms with E-state index in [-0.39, 0.29) is 0 Å². The summed E-state index contributed by atoms with van der Waals surface area (Å²) in [4.78, 5) is 0. The lowest BCUT2D eigenvalue weighted by atomic mass is 9.95. The van der Waals surface area contributed by atoms with E-state index in [2.05, 4.69) is 57.2 Å². The Labute approximate surface area is 278 Å². The molecule has 0 unspecified atom stereocenters. The summed E-state index contributed by atoms with van der Waals surface area (Å²) in [6.07, 6.45) is 0. The van der Waals surface area contributed by atoms with Crippen LogP contribution >= 0.6 is 7.82 Å². The molecule has 0 heterocycles. The third-order valence-corrected chi connectivity index (χ3v) is 9.95. The number of aryl methyl sites for hydroxylation is 3. The molecule has 0 N–H and O–H groups in total. The summed E-state index contributed by atoms with van der Waals surface area (Å²) in [5.74, 6) is 1.29. The van der Waals surface area contributed by atoms with Crippen molar-refractivity contribution in [2.75, 3.05) is 0 Å². The van der Waals surface area contributed by atoms with E-state index in [0.717, 1.165) is 66.8 Å². The van der Waals surface area contributed by atoms with Gasteiger partial charge in [0.2, 0.25) is 0 Å². The fraction of sp³-hybridized carbons (Fsp3) is 0.143. The fourth-order valence-electron chi connectivity index (χ4n) is 6.34. The van der Waals surface area contributed by atoms with Gasteiger partial charge in [0.15, 0.2) is 0 Å². The molecule has 0 saturated heterocycles. The largest absolute Gasteiger partial charge is 0.647 e. The quantitative estimate of drug-likeness (QED) is 0.148. The summed E-state index contributed by atoms with van der Waals surface area (Å²) >= 11 is 0. The fourth-order valence-corrected chi connectivity index (χ4v) is 7.77. The predicted molar refractivity (Wildman–Crippen MR) is 194 cm³/mol. The van der Waals surface area contributed by atoms with Crippen molar-refractivity contribution in [3.63, 3.8) is 0 Å². The summed E-state index contributed by atoms with van der Waals surface area (Å²) < 4.78 is 34.4. The van der Waals surface area contributed by atoms with Crippen LogP contribution in [-0.4, -0.2) is 0 Å².